The lowest BCUT2D eigenvalue weighted by Crippen LogP contribution is -2.26. The molecule has 4 nitrogen and oxygen atoms in total. The minimum Gasteiger partial charge on any atom is -0.383 e. The van der Waals surface area contributed by atoms with Crippen LogP contribution in [-0.2, 0) is 12.6 Å². The number of aromatic nitrogens is 1. The van der Waals surface area contributed by atoms with Gasteiger partial charge in [-0.2, -0.15) is 13.2 Å². The first kappa shape index (κ1) is 15.8. The number of anilines is 1. The largest absolute Gasteiger partial charge is 0.416 e. The van der Waals surface area contributed by atoms with Crippen LogP contribution in [0.3, 0.4) is 0 Å². The highest BCUT2D eigenvalue weighted by molar-refractivity contribution is 5.98. The van der Waals surface area contributed by atoms with E-state index in [0.717, 1.165) is 12.1 Å². The quantitative estimate of drug-likeness (QED) is 0.912. The number of pyridine rings is 1. The van der Waals surface area contributed by atoms with Crippen molar-refractivity contribution in [2.24, 2.45) is 0 Å². The van der Waals surface area contributed by atoms with Crippen LogP contribution in [0.5, 0.6) is 0 Å². The molecule has 7 heteroatoms. The molecule has 0 saturated heterocycles. The van der Waals surface area contributed by atoms with Crippen LogP contribution >= 0.6 is 0 Å². The highest BCUT2D eigenvalue weighted by Gasteiger charge is 2.30. The van der Waals surface area contributed by atoms with Crippen molar-refractivity contribution in [1.82, 2.24) is 10.3 Å². The van der Waals surface area contributed by atoms with Gasteiger partial charge in [0, 0.05) is 12.7 Å². The molecule has 0 aliphatic carbocycles. The van der Waals surface area contributed by atoms with Gasteiger partial charge in [0.2, 0.25) is 0 Å². The Morgan fingerprint density at radius 3 is 2.68 bits per heavy atom. The molecule has 1 amide bonds. The number of hydrogen-bond donors (Lipinski definition) is 2. The zero-order valence-electron chi connectivity index (χ0n) is 11.5. The molecule has 0 spiro atoms. The third kappa shape index (κ3) is 3.97. The number of benzene rings is 1. The topological polar surface area (TPSA) is 68.0 Å². The van der Waals surface area contributed by atoms with E-state index < -0.39 is 17.6 Å². The Morgan fingerprint density at radius 2 is 2.00 bits per heavy atom. The minimum atomic E-state index is -4.37. The first-order valence-electron chi connectivity index (χ1n) is 6.53. The molecule has 22 heavy (non-hydrogen) atoms. The summed E-state index contributed by atoms with van der Waals surface area (Å²) in [5, 5.41) is 2.61. The Kier molecular flexibility index (Phi) is 4.65. The van der Waals surface area contributed by atoms with Crippen LogP contribution in [0.25, 0.3) is 0 Å². The smallest absolute Gasteiger partial charge is 0.383 e. The Morgan fingerprint density at radius 1 is 1.23 bits per heavy atom. The molecule has 2 rings (SSSR count). The number of nitrogens with zero attached hydrogens (tertiary/aromatic N) is 1. The van der Waals surface area contributed by atoms with Crippen molar-refractivity contribution in [3.63, 3.8) is 0 Å². The summed E-state index contributed by atoms with van der Waals surface area (Å²) in [7, 11) is 0. The number of rotatable bonds is 4. The van der Waals surface area contributed by atoms with Gasteiger partial charge in [-0.15, -0.1) is 0 Å². The van der Waals surface area contributed by atoms with Gasteiger partial charge in [0.15, 0.2) is 0 Å². The van der Waals surface area contributed by atoms with Gasteiger partial charge in [-0.25, -0.2) is 4.98 Å². The molecular weight excluding hydrogens is 295 g/mol. The SMILES string of the molecule is Nc1ncccc1C(=O)NCCc1cccc(C(F)(F)F)c1. The molecule has 1 heterocycles. The van der Waals surface area contributed by atoms with Crippen LogP contribution in [0, 0.1) is 0 Å². The number of amides is 1. The number of halogens is 3. The van der Waals surface area contributed by atoms with E-state index in [0.29, 0.717) is 5.56 Å². The van der Waals surface area contributed by atoms with Crippen LogP contribution in [0.15, 0.2) is 42.6 Å². The summed E-state index contributed by atoms with van der Waals surface area (Å²) in [6.45, 7) is 0.203. The summed E-state index contributed by atoms with van der Waals surface area (Å²) >= 11 is 0. The molecule has 0 aliphatic rings. The molecule has 1 aromatic carbocycles. The molecule has 0 atom stereocenters. The standard InChI is InChI=1S/C15H14F3N3O/c16-15(17,18)11-4-1-3-10(9-11)6-8-21-14(22)12-5-2-7-20-13(12)19/h1-5,7,9H,6,8H2,(H2,19,20)(H,21,22). The number of hydrogen-bond acceptors (Lipinski definition) is 3. The van der Waals surface area contributed by atoms with Crippen LogP contribution < -0.4 is 11.1 Å². The molecule has 0 radical (unpaired) electrons. The van der Waals surface area contributed by atoms with E-state index in [9.17, 15) is 18.0 Å². The molecule has 0 unspecified atom stereocenters. The van der Waals surface area contributed by atoms with Crippen molar-refractivity contribution in [2.45, 2.75) is 12.6 Å². The Hall–Kier alpha value is -2.57. The third-order valence-corrected chi connectivity index (χ3v) is 3.04. The average Bonchev–Trinajstić information content (AvgIpc) is 2.47. The van der Waals surface area contributed by atoms with E-state index in [1.54, 1.807) is 12.1 Å². The molecule has 0 aliphatic heterocycles. The Labute approximate surface area is 125 Å². The number of carbonyl (C=O) groups is 1. The number of alkyl halides is 3. The van der Waals surface area contributed by atoms with Gasteiger partial charge < -0.3 is 11.1 Å². The predicted molar refractivity (Wildman–Crippen MR) is 76.1 cm³/mol. The lowest BCUT2D eigenvalue weighted by Gasteiger charge is -2.09. The summed E-state index contributed by atoms with van der Waals surface area (Å²) in [6.07, 6.45) is -2.62. The van der Waals surface area contributed by atoms with Gasteiger partial charge in [0.05, 0.1) is 11.1 Å². The van der Waals surface area contributed by atoms with E-state index in [1.807, 2.05) is 0 Å². The van der Waals surface area contributed by atoms with E-state index >= 15 is 0 Å². The van der Waals surface area contributed by atoms with Gasteiger partial charge in [-0.3, -0.25) is 4.79 Å². The molecule has 3 N–H and O–H groups in total. The number of nitrogens with two attached hydrogens (primary N) is 1. The predicted octanol–water partition coefficient (Wildman–Crippen LogP) is 2.66. The molecule has 0 saturated carbocycles. The van der Waals surface area contributed by atoms with E-state index in [-0.39, 0.29) is 24.3 Å². The van der Waals surface area contributed by atoms with Gasteiger partial charge in [-0.05, 0) is 30.2 Å². The first-order valence-corrected chi connectivity index (χ1v) is 6.53. The van der Waals surface area contributed by atoms with Crippen molar-refractivity contribution < 1.29 is 18.0 Å². The number of carbonyl (C=O) groups excluding carboxylic acids is 1. The summed E-state index contributed by atoms with van der Waals surface area (Å²) < 4.78 is 37.8. The van der Waals surface area contributed by atoms with Crippen LogP contribution in [-0.4, -0.2) is 17.4 Å². The van der Waals surface area contributed by atoms with Crippen molar-refractivity contribution in [3.05, 3.63) is 59.3 Å². The van der Waals surface area contributed by atoms with Gasteiger partial charge in [-0.1, -0.05) is 18.2 Å². The van der Waals surface area contributed by atoms with Crippen molar-refractivity contribution in [1.29, 1.82) is 0 Å². The lowest BCUT2D eigenvalue weighted by atomic mass is 10.1. The molecule has 0 fully saturated rings. The molecule has 0 bridgehead atoms. The Bertz CT molecular complexity index is 671. The monoisotopic (exact) mass is 309 g/mol. The average molecular weight is 309 g/mol. The fraction of sp³-hybridized carbons (Fsp3) is 0.200. The van der Waals surface area contributed by atoms with Crippen molar-refractivity contribution in [2.75, 3.05) is 12.3 Å². The maximum atomic E-state index is 12.6. The zero-order chi connectivity index (χ0) is 16.2. The van der Waals surface area contributed by atoms with Crippen LogP contribution in [0.1, 0.15) is 21.5 Å². The highest BCUT2D eigenvalue weighted by atomic mass is 19.4. The number of nitrogens with one attached hydrogen (secondary N) is 1. The van der Waals surface area contributed by atoms with E-state index in [1.165, 1.54) is 18.3 Å². The zero-order valence-corrected chi connectivity index (χ0v) is 11.5. The van der Waals surface area contributed by atoms with Crippen LogP contribution in [0.4, 0.5) is 19.0 Å². The normalized spacial score (nSPS) is 11.2. The fourth-order valence-corrected chi connectivity index (χ4v) is 1.93. The lowest BCUT2D eigenvalue weighted by molar-refractivity contribution is -0.137. The fourth-order valence-electron chi connectivity index (χ4n) is 1.93. The second kappa shape index (κ2) is 6.46. The van der Waals surface area contributed by atoms with Gasteiger partial charge in [0.1, 0.15) is 5.82 Å². The van der Waals surface area contributed by atoms with Crippen LogP contribution in [0.2, 0.25) is 0 Å². The Balaban J connectivity index is 1.94. The highest BCUT2D eigenvalue weighted by Crippen LogP contribution is 2.29. The summed E-state index contributed by atoms with van der Waals surface area (Å²) in [4.78, 5) is 15.7. The summed E-state index contributed by atoms with van der Waals surface area (Å²) in [5.41, 5.74) is 5.61. The summed E-state index contributed by atoms with van der Waals surface area (Å²) in [6, 6.07) is 8.13. The minimum absolute atomic E-state index is 0.110. The third-order valence-electron chi connectivity index (χ3n) is 3.04. The van der Waals surface area contributed by atoms with Crippen molar-refractivity contribution in [3.8, 4) is 0 Å². The van der Waals surface area contributed by atoms with Gasteiger partial charge in [0.25, 0.3) is 5.91 Å². The van der Waals surface area contributed by atoms with E-state index in [2.05, 4.69) is 10.3 Å². The van der Waals surface area contributed by atoms with Gasteiger partial charge >= 0.3 is 6.18 Å². The first-order chi connectivity index (χ1) is 10.4. The molecule has 1 aromatic heterocycles. The number of nitrogen functional groups attached to an aromatic ring is 1. The second-order valence-corrected chi connectivity index (χ2v) is 4.64. The molecular formula is C15H14F3N3O. The molecule has 2 aromatic rings. The maximum absolute atomic E-state index is 12.6. The molecule has 116 valence electrons. The van der Waals surface area contributed by atoms with E-state index in [4.69, 9.17) is 5.73 Å². The van der Waals surface area contributed by atoms with Crippen molar-refractivity contribution >= 4 is 11.7 Å². The second-order valence-electron chi connectivity index (χ2n) is 4.64. The maximum Gasteiger partial charge on any atom is 0.416 e. The summed E-state index contributed by atoms with van der Waals surface area (Å²) in [5.74, 6) is -0.295.